The van der Waals surface area contributed by atoms with Crippen molar-refractivity contribution in [3.8, 4) is 0 Å². The van der Waals surface area contributed by atoms with Crippen molar-refractivity contribution in [1.29, 1.82) is 0 Å². The molecule has 0 aromatic carbocycles. The number of rotatable bonds is 2. The minimum Gasteiger partial charge on any atom is -0.481 e. The fourth-order valence-corrected chi connectivity index (χ4v) is 3.84. The van der Waals surface area contributed by atoms with Crippen LogP contribution in [0, 0.1) is 5.92 Å². The highest BCUT2D eigenvalue weighted by Crippen LogP contribution is 2.36. The number of fused-ring (bicyclic) bond motifs is 2. The Morgan fingerprint density at radius 3 is 2.53 bits per heavy atom. The van der Waals surface area contributed by atoms with Gasteiger partial charge >= 0.3 is 5.97 Å². The van der Waals surface area contributed by atoms with E-state index in [0.717, 1.165) is 32.0 Å². The average molecular weight is 238 g/mol. The number of hydrogen-bond donors (Lipinski definition) is 1. The largest absolute Gasteiger partial charge is 0.481 e. The second kappa shape index (κ2) is 4.25. The van der Waals surface area contributed by atoms with E-state index in [1.807, 2.05) is 0 Å². The summed E-state index contributed by atoms with van der Waals surface area (Å²) in [6, 6.07) is 1.73. The summed E-state index contributed by atoms with van der Waals surface area (Å²) in [6.45, 7) is 2.18. The van der Waals surface area contributed by atoms with E-state index in [-0.39, 0.29) is 5.92 Å². The molecule has 0 radical (unpaired) electrons. The van der Waals surface area contributed by atoms with Crippen LogP contribution in [0.4, 0.5) is 0 Å². The summed E-state index contributed by atoms with van der Waals surface area (Å²) in [6.07, 6.45) is 5.80. The number of carboxylic acids is 1. The molecule has 0 aromatic heterocycles. The molecule has 0 aromatic rings. The van der Waals surface area contributed by atoms with Gasteiger partial charge in [0.15, 0.2) is 0 Å². The number of aliphatic carboxylic acids is 1. The normalized spacial score (nSPS) is 43.1. The fourth-order valence-electron chi connectivity index (χ4n) is 3.84. The van der Waals surface area contributed by atoms with Crippen LogP contribution in [-0.4, -0.2) is 59.1 Å². The quantitative estimate of drug-likeness (QED) is 0.780. The molecule has 4 atom stereocenters. The smallest absolute Gasteiger partial charge is 0.308 e. The lowest BCUT2D eigenvalue weighted by molar-refractivity contribution is -0.149. The average Bonchev–Trinajstić information content (AvgIpc) is 2.43. The lowest BCUT2D eigenvalue weighted by atomic mass is 9.78. The first-order valence-corrected chi connectivity index (χ1v) is 6.85. The van der Waals surface area contributed by atoms with Gasteiger partial charge in [0.2, 0.25) is 0 Å². The fraction of sp³-hybridized carbons (Fsp3) is 0.923. The van der Waals surface area contributed by atoms with Crippen LogP contribution >= 0.6 is 0 Å². The first-order valence-electron chi connectivity index (χ1n) is 6.85. The Morgan fingerprint density at radius 2 is 1.88 bits per heavy atom. The molecule has 17 heavy (non-hydrogen) atoms. The van der Waals surface area contributed by atoms with Gasteiger partial charge in [0.1, 0.15) is 0 Å². The molecule has 3 fully saturated rings. The van der Waals surface area contributed by atoms with Crippen LogP contribution in [-0.2, 0) is 4.79 Å². The van der Waals surface area contributed by atoms with E-state index >= 15 is 0 Å². The minimum atomic E-state index is -0.594. The SMILES string of the molecule is CN1C2CCC1CN(C1CCC1C(=O)O)CC2. The van der Waals surface area contributed by atoms with E-state index in [1.54, 1.807) is 0 Å². The Bertz CT molecular complexity index is 321. The maximum absolute atomic E-state index is 11.1. The number of nitrogens with zero attached hydrogens (tertiary/aromatic N) is 2. The third kappa shape index (κ3) is 1.87. The van der Waals surface area contributed by atoms with Gasteiger partial charge in [-0.05, 0) is 39.2 Å². The highest BCUT2D eigenvalue weighted by atomic mass is 16.4. The molecule has 0 spiro atoms. The van der Waals surface area contributed by atoms with Crippen LogP contribution in [0.15, 0.2) is 0 Å². The predicted molar refractivity (Wildman–Crippen MR) is 64.9 cm³/mol. The molecule has 3 rings (SSSR count). The van der Waals surface area contributed by atoms with Crippen LogP contribution in [0.25, 0.3) is 0 Å². The highest BCUT2D eigenvalue weighted by Gasteiger charge is 2.43. The minimum absolute atomic E-state index is 0.100. The van der Waals surface area contributed by atoms with Gasteiger partial charge in [-0.15, -0.1) is 0 Å². The lowest BCUT2D eigenvalue weighted by Crippen LogP contribution is -2.52. The Balaban J connectivity index is 1.67. The first kappa shape index (κ1) is 11.5. The highest BCUT2D eigenvalue weighted by molar-refractivity contribution is 5.72. The Hall–Kier alpha value is -0.610. The molecular formula is C13H22N2O2. The maximum atomic E-state index is 11.1. The molecule has 2 bridgehead atoms. The molecule has 0 amide bonds. The van der Waals surface area contributed by atoms with Gasteiger partial charge in [0.25, 0.3) is 0 Å². The van der Waals surface area contributed by atoms with Crippen molar-refractivity contribution in [2.75, 3.05) is 20.1 Å². The zero-order chi connectivity index (χ0) is 12.0. The molecule has 4 unspecified atom stereocenters. The van der Waals surface area contributed by atoms with Crippen LogP contribution in [0.2, 0.25) is 0 Å². The topological polar surface area (TPSA) is 43.8 Å². The second-order valence-corrected chi connectivity index (χ2v) is 5.92. The van der Waals surface area contributed by atoms with Crippen molar-refractivity contribution >= 4 is 5.97 Å². The van der Waals surface area contributed by atoms with Crippen LogP contribution in [0.1, 0.15) is 32.1 Å². The summed E-state index contributed by atoms with van der Waals surface area (Å²) >= 11 is 0. The van der Waals surface area contributed by atoms with Gasteiger partial charge in [-0.3, -0.25) is 14.6 Å². The van der Waals surface area contributed by atoms with Crippen molar-refractivity contribution in [2.24, 2.45) is 5.92 Å². The molecule has 3 aliphatic rings. The van der Waals surface area contributed by atoms with E-state index in [2.05, 4.69) is 16.8 Å². The van der Waals surface area contributed by atoms with E-state index in [4.69, 9.17) is 5.11 Å². The third-order valence-electron chi connectivity index (χ3n) is 5.20. The lowest BCUT2D eigenvalue weighted by Gasteiger charge is -2.43. The van der Waals surface area contributed by atoms with Gasteiger partial charge in [0, 0.05) is 31.2 Å². The summed E-state index contributed by atoms with van der Waals surface area (Å²) in [5, 5.41) is 9.15. The molecule has 4 heteroatoms. The van der Waals surface area contributed by atoms with Gasteiger partial charge < -0.3 is 5.11 Å². The standard InChI is InChI=1S/C13H22N2O2/c1-14-9-2-3-10(14)8-15(7-6-9)12-5-4-11(12)13(16)17/h9-12H,2-8H2,1H3,(H,16,17). The van der Waals surface area contributed by atoms with E-state index in [0.29, 0.717) is 12.1 Å². The molecule has 96 valence electrons. The third-order valence-corrected chi connectivity index (χ3v) is 5.20. The monoisotopic (exact) mass is 238 g/mol. The molecular weight excluding hydrogens is 216 g/mol. The van der Waals surface area contributed by atoms with Crippen LogP contribution in [0.5, 0.6) is 0 Å². The summed E-state index contributed by atoms with van der Waals surface area (Å²) in [4.78, 5) is 16.1. The number of likely N-dealkylation sites (N-methyl/N-ethyl adjacent to an activating group) is 1. The zero-order valence-electron chi connectivity index (χ0n) is 10.5. The van der Waals surface area contributed by atoms with Crippen LogP contribution in [0.3, 0.4) is 0 Å². The van der Waals surface area contributed by atoms with Crippen LogP contribution < -0.4 is 0 Å². The summed E-state index contributed by atoms with van der Waals surface area (Å²) in [7, 11) is 2.24. The van der Waals surface area contributed by atoms with Crippen molar-refractivity contribution in [3.05, 3.63) is 0 Å². The predicted octanol–water partition coefficient (Wildman–Crippen LogP) is 1.02. The van der Waals surface area contributed by atoms with E-state index < -0.39 is 5.97 Å². The van der Waals surface area contributed by atoms with E-state index in [1.165, 1.54) is 19.3 Å². The maximum Gasteiger partial charge on any atom is 0.308 e. The number of carboxylic acid groups (broad SMARTS) is 1. The molecule has 2 heterocycles. The Morgan fingerprint density at radius 1 is 1.12 bits per heavy atom. The number of carbonyl (C=O) groups is 1. The second-order valence-electron chi connectivity index (χ2n) is 5.92. The number of hydrogen-bond acceptors (Lipinski definition) is 3. The van der Waals surface area contributed by atoms with E-state index in [9.17, 15) is 4.79 Å². The van der Waals surface area contributed by atoms with Gasteiger partial charge in [-0.2, -0.15) is 0 Å². The van der Waals surface area contributed by atoms with Crippen molar-refractivity contribution in [2.45, 2.75) is 50.2 Å². The van der Waals surface area contributed by atoms with Crippen molar-refractivity contribution in [1.82, 2.24) is 9.80 Å². The Labute approximate surface area is 103 Å². The Kier molecular flexibility index (Phi) is 2.87. The van der Waals surface area contributed by atoms with Gasteiger partial charge in [-0.1, -0.05) is 0 Å². The molecule has 2 aliphatic heterocycles. The molecule has 2 saturated heterocycles. The summed E-state index contributed by atoms with van der Waals surface area (Å²) < 4.78 is 0. The molecule has 1 N–H and O–H groups in total. The first-order chi connectivity index (χ1) is 8.16. The molecule has 1 saturated carbocycles. The van der Waals surface area contributed by atoms with Gasteiger partial charge in [0.05, 0.1) is 5.92 Å². The van der Waals surface area contributed by atoms with Crippen molar-refractivity contribution < 1.29 is 9.90 Å². The zero-order valence-corrected chi connectivity index (χ0v) is 10.5. The van der Waals surface area contributed by atoms with Crippen molar-refractivity contribution in [3.63, 3.8) is 0 Å². The molecule has 4 nitrogen and oxygen atoms in total. The summed E-state index contributed by atoms with van der Waals surface area (Å²) in [5.74, 6) is -0.694. The number of likely N-dealkylation sites (tertiary alicyclic amines) is 1. The molecule has 1 aliphatic carbocycles. The summed E-state index contributed by atoms with van der Waals surface area (Å²) in [5.41, 5.74) is 0. The van der Waals surface area contributed by atoms with Gasteiger partial charge in [-0.25, -0.2) is 0 Å².